The van der Waals surface area contributed by atoms with Crippen molar-refractivity contribution in [2.45, 2.75) is 6.61 Å². The van der Waals surface area contributed by atoms with E-state index in [2.05, 4.69) is 5.10 Å². The summed E-state index contributed by atoms with van der Waals surface area (Å²) in [6.07, 6.45) is 0. The summed E-state index contributed by atoms with van der Waals surface area (Å²) in [4.78, 5) is 4.70. The molecule has 5 nitrogen and oxygen atoms in total. The molecule has 0 bridgehead atoms. The number of nitrogens with two attached hydrogens (primary N) is 2. The van der Waals surface area contributed by atoms with Crippen LogP contribution in [-0.2, 0) is 6.61 Å². The van der Waals surface area contributed by atoms with Crippen molar-refractivity contribution < 1.29 is 4.74 Å². The molecule has 4 rings (SSSR count). The second-order valence-corrected chi connectivity index (χ2v) is 6.52. The molecule has 2 heterocycles. The molecule has 2 aromatic heterocycles. The fourth-order valence-corrected chi connectivity index (χ4v) is 3.66. The summed E-state index contributed by atoms with van der Waals surface area (Å²) < 4.78 is 7.15. The molecule has 0 aliphatic heterocycles. The quantitative estimate of drug-likeness (QED) is 0.255. The number of nitrogens with zero attached hydrogens (tertiary/aromatic N) is 2. The molecule has 0 radical (unpaired) electrons. The third kappa shape index (κ3) is 2.88. The lowest BCUT2D eigenvalue weighted by Gasteiger charge is -2.10. The number of pyridine rings is 1. The van der Waals surface area contributed by atoms with E-state index in [1.165, 1.54) is 0 Å². The predicted octanol–water partition coefficient (Wildman–Crippen LogP) is 3.61. The number of amidine groups is 1. The van der Waals surface area contributed by atoms with Crippen LogP contribution in [0.5, 0.6) is 5.88 Å². The van der Waals surface area contributed by atoms with Gasteiger partial charge in [-0.3, -0.25) is 0 Å². The number of ether oxygens (including phenoxy) is 1. The van der Waals surface area contributed by atoms with Crippen LogP contribution in [0, 0.1) is 0 Å². The summed E-state index contributed by atoms with van der Waals surface area (Å²) in [5.41, 5.74) is 8.47. The van der Waals surface area contributed by atoms with Crippen LogP contribution in [0.15, 0.2) is 65.1 Å². The molecule has 4 N–H and O–H groups in total. The summed E-state index contributed by atoms with van der Waals surface area (Å²) in [5, 5.41) is 7.68. The monoisotopic (exact) mass is 348 g/mol. The molecule has 4 aromatic rings. The zero-order chi connectivity index (χ0) is 17.2. The van der Waals surface area contributed by atoms with Gasteiger partial charge in [0, 0.05) is 15.6 Å². The van der Waals surface area contributed by atoms with E-state index >= 15 is 0 Å². The summed E-state index contributed by atoms with van der Waals surface area (Å²) >= 11 is 1.67. The van der Waals surface area contributed by atoms with Crippen LogP contribution in [0.1, 0.15) is 11.1 Å². The predicted molar refractivity (Wildman–Crippen MR) is 103 cm³/mol. The molecule has 2 aromatic carbocycles. The van der Waals surface area contributed by atoms with Gasteiger partial charge in [0.15, 0.2) is 0 Å². The highest BCUT2D eigenvalue weighted by atomic mass is 32.1. The molecule has 0 saturated heterocycles. The molecule has 0 saturated carbocycles. The van der Waals surface area contributed by atoms with Gasteiger partial charge in [0.2, 0.25) is 5.88 Å². The van der Waals surface area contributed by atoms with Gasteiger partial charge in [-0.05, 0) is 23.1 Å². The first-order valence-electron chi connectivity index (χ1n) is 7.77. The van der Waals surface area contributed by atoms with Gasteiger partial charge in [-0.1, -0.05) is 42.5 Å². The smallest absolute Gasteiger partial charge is 0.223 e. The lowest BCUT2D eigenvalue weighted by Crippen LogP contribution is -2.15. The summed E-state index contributed by atoms with van der Waals surface area (Å²) in [5.74, 6) is 6.18. The second-order valence-electron chi connectivity index (χ2n) is 5.60. The number of hydrogen-bond donors (Lipinski definition) is 2. The van der Waals surface area contributed by atoms with E-state index in [0.717, 1.165) is 32.1 Å². The first kappa shape index (κ1) is 15.4. The Kier molecular flexibility index (Phi) is 3.95. The Balaban J connectivity index is 1.80. The van der Waals surface area contributed by atoms with Crippen LogP contribution in [0.25, 0.3) is 21.0 Å². The summed E-state index contributed by atoms with van der Waals surface area (Å²) in [6.45, 7) is 0.469. The first-order valence-corrected chi connectivity index (χ1v) is 8.65. The maximum absolute atomic E-state index is 6.01. The van der Waals surface area contributed by atoms with Crippen LogP contribution in [-0.4, -0.2) is 10.8 Å². The Morgan fingerprint density at radius 1 is 1.08 bits per heavy atom. The van der Waals surface area contributed by atoms with Gasteiger partial charge in [0.1, 0.15) is 12.4 Å². The number of aromatic nitrogens is 1. The standard InChI is InChI=1S/C19H16N4OS/c20-18(23-21)13-6-7-14-16(10-13)22-19(15-8-9-25-17(14)15)24-11-12-4-2-1-3-5-12/h1-10H,11,21H2,(H2,20,23). The SMILES string of the molecule is N/N=C(\N)c1ccc2c(c1)nc(OCc1ccccc1)c1ccsc12. The topological polar surface area (TPSA) is 86.5 Å². The van der Waals surface area contributed by atoms with Gasteiger partial charge in [0.25, 0.3) is 0 Å². The molecule has 0 aliphatic rings. The van der Waals surface area contributed by atoms with Crippen molar-refractivity contribution in [3.8, 4) is 5.88 Å². The fourth-order valence-electron chi connectivity index (χ4n) is 2.74. The summed E-state index contributed by atoms with van der Waals surface area (Å²) in [7, 11) is 0. The van der Waals surface area contributed by atoms with Crippen LogP contribution in [0.3, 0.4) is 0 Å². The highest BCUT2D eigenvalue weighted by Crippen LogP contribution is 2.35. The minimum Gasteiger partial charge on any atom is -0.472 e. The molecule has 0 spiro atoms. The van der Waals surface area contributed by atoms with E-state index in [0.29, 0.717) is 12.5 Å². The molecule has 124 valence electrons. The molecule has 6 heteroatoms. The van der Waals surface area contributed by atoms with Crippen LogP contribution in [0.2, 0.25) is 0 Å². The Hall–Kier alpha value is -3.12. The largest absolute Gasteiger partial charge is 0.472 e. The molecule has 0 fully saturated rings. The van der Waals surface area contributed by atoms with Crippen molar-refractivity contribution in [1.82, 2.24) is 4.98 Å². The Morgan fingerprint density at radius 3 is 2.72 bits per heavy atom. The van der Waals surface area contributed by atoms with E-state index in [-0.39, 0.29) is 5.84 Å². The molecule has 0 atom stereocenters. The van der Waals surface area contributed by atoms with E-state index in [1.54, 1.807) is 11.3 Å². The van der Waals surface area contributed by atoms with Crippen molar-refractivity contribution in [3.63, 3.8) is 0 Å². The average Bonchev–Trinajstić information content (AvgIpc) is 3.16. The van der Waals surface area contributed by atoms with Gasteiger partial charge >= 0.3 is 0 Å². The number of hydrogen-bond acceptors (Lipinski definition) is 5. The normalized spacial score (nSPS) is 11.9. The van der Waals surface area contributed by atoms with Crippen molar-refractivity contribution in [2.75, 3.05) is 0 Å². The van der Waals surface area contributed by atoms with Crippen LogP contribution < -0.4 is 16.3 Å². The molecule has 0 unspecified atom stereocenters. The van der Waals surface area contributed by atoms with E-state index in [1.807, 2.05) is 60.0 Å². The van der Waals surface area contributed by atoms with E-state index < -0.39 is 0 Å². The van der Waals surface area contributed by atoms with E-state index in [9.17, 15) is 0 Å². The fraction of sp³-hybridized carbons (Fsp3) is 0.0526. The highest BCUT2D eigenvalue weighted by molar-refractivity contribution is 7.18. The molecule has 25 heavy (non-hydrogen) atoms. The Bertz CT molecular complexity index is 1070. The third-order valence-electron chi connectivity index (χ3n) is 4.01. The van der Waals surface area contributed by atoms with Crippen LogP contribution in [0.4, 0.5) is 0 Å². The zero-order valence-electron chi connectivity index (χ0n) is 13.3. The second kappa shape index (κ2) is 6.41. The lowest BCUT2D eigenvalue weighted by atomic mass is 10.1. The van der Waals surface area contributed by atoms with Gasteiger partial charge in [-0.25, -0.2) is 4.98 Å². The minimum absolute atomic E-state index is 0.279. The molecular formula is C19H16N4OS. The van der Waals surface area contributed by atoms with Gasteiger partial charge in [-0.15, -0.1) is 11.3 Å². The zero-order valence-corrected chi connectivity index (χ0v) is 14.2. The maximum Gasteiger partial charge on any atom is 0.223 e. The van der Waals surface area contributed by atoms with E-state index in [4.69, 9.17) is 21.3 Å². The first-order chi connectivity index (χ1) is 12.3. The highest BCUT2D eigenvalue weighted by Gasteiger charge is 2.12. The average molecular weight is 348 g/mol. The Morgan fingerprint density at radius 2 is 1.92 bits per heavy atom. The molecule has 0 aliphatic carbocycles. The van der Waals surface area contributed by atoms with Crippen molar-refractivity contribution >= 4 is 38.2 Å². The Labute approximate surface area is 148 Å². The molecule has 0 amide bonds. The van der Waals surface area contributed by atoms with Crippen molar-refractivity contribution in [1.29, 1.82) is 0 Å². The van der Waals surface area contributed by atoms with Crippen molar-refractivity contribution in [3.05, 3.63) is 71.1 Å². The minimum atomic E-state index is 0.279. The number of fused-ring (bicyclic) bond motifs is 3. The number of thiophene rings is 1. The number of hydrazone groups is 1. The van der Waals surface area contributed by atoms with Gasteiger partial charge < -0.3 is 16.3 Å². The summed E-state index contributed by atoms with van der Waals surface area (Å²) in [6, 6.07) is 17.9. The lowest BCUT2D eigenvalue weighted by molar-refractivity contribution is 0.299. The van der Waals surface area contributed by atoms with Crippen LogP contribution >= 0.6 is 11.3 Å². The maximum atomic E-state index is 6.01. The third-order valence-corrected chi connectivity index (χ3v) is 4.96. The number of rotatable bonds is 4. The van der Waals surface area contributed by atoms with Crippen molar-refractivity contribution in [2.24, 2.45) is 16.7 Å². The number of benzene rings is 2. The molecular weight excluding hydrogens is 332 g/mol. The van der Waals surface area contributed by atoms with Gasteiger partial charge in [-0.2, -0.15) is 5.10 Å². The van der Waals surface area contributed by atoms with Gasteiger partial charge in [0.05, 0.1) is 10.9 Å².